The van der Waals surface area contributed by atoms with Crippen LogP contribution in [0, 0.1) is 0 Å². The van der Waals surface area contributed by atoms with E-state index < -0.39 is 0 Å². The molecule has 0 bridgehead atoms. The number of nitrogens with one attached hydrogen (secondary N) is 1. The maximum Gasteiger partial charge on any atom is 0.246 e. The minimum Gasteiger partial charge on any atom is -0.375 e. The van der Waals surface area contributed by atoms with E-state index in [0.717, 1.165) is 17.0 Å². The molecule has 0 saturated heterocycles. The second kappa shape index (κ2) is 6.51. The predicted molar refractivity (Wildman–Crippen MR) is 64.6 cm³/mol. The van der Waals surface area contributed by atoms with Crippen LogP contribution in [0.3, 0.4) is 0 Å². The Morgan fingerprint density at radius 2 is 2.19 bits per heavy atom. The van der Waals surface area contributed by atoms with E-state index in [0.29, 0.717) is 0 Å². The fraction of sp³-hybridized carbons (Fsp3) is 0.417. The SMILES string of the molecule is COCC(=O)N[C@@H](C)Cc1ccccc1Cl. The summed E-state index contributed by atoms with van der Waals surface area (Å²) in [5, 5.41) is 3.57. The van der Waals surface area contributed by atoms with E-state index in [1.54, 1.807) is 0 Å². The van der Waals surface area contributed by atoms with Gasteiger partial charge in [-0.1, -0.05) is 29.8 Å². The number of carbonyl (C=O) groups excluding carboxylic acids is 1. The number of carbonyl (C=O) groups is 1. The molecule has 1 aromatic carbocycles. The molecule has 0 unspecified atom stereocenters. The van der Waals surface area contributed by atoms with Gasteiger partial charge in [0.1, 0.15) is 6.61 Å². The standard InChI is InChI=1S/C12H16ClNO2/c1-9(14-12(15)8-16-2)7-10-5-3-4-6-11(10)13/h3-6,9H,7-8H2,1-2H3,(H,14,15)/t9-/m0/s1. The largest absolute Gasteiger partial charge is 0.375 e. The second-order valence-electron chi connectivity index (χ2n) is 3.70. The van der Waals surface area contributed by atoms with Gasteiger partial charge in [0.2, 0.25) is 5.91 Å². The Bertz CT molecular complexity index is 355. The number of halogens is 1. The van der Waals surface area contributed by atoms with Crippen molar-refractivity contribution < 1.29 is 9.53 Å². The molecule has 16 heavy (non-hydrogen) atoms. The molecule has 0 spiro atoms. The minimum atomic E-state index is -0.109. The third-order valence-electron chi connectivity index (χ3n) is 2.17. The number of amides is 1. The molecule has 3 nitrogen and oxygen atoms in total. The molecule has 88 valence electrons. The number of methoxy groups -OCH3 is 1. The summed E-state index contributed by atoms with van der Waals surface area (Å²) in [4.78, 5) is 11.3. The van der Waals surface area contributed by atoms with Gasteiger partial charge < -0.3 is 10.1 Å². The van der Waals surface area contributed by atoms with Crippen LogP contribution in [0.15, 0.2) is 24.3 Å². The Kier molecular flexibility index (Phi) is 5.29. The number of rotatable bonds is 5. The van der Waals surface area contributed by atoms with Gasteiger partial charge in [-0.2, -0.15) is 0 Å². The van der Waals surface area contributed by atoms with Gasteiger partial charge in [0.05, 0.1) is 0 Å². The van der Waals surface area contributed by atoms with Crippen molar-refractivity contribution in [1.82, 2.24) is 5.32 Å². The summed E-state index contributed by atoms with van der Waals surface area (Å²) in [5.74, 6) is -0.109. The molecule has 4 heteroatoms. The lowest BCUT2D eigenvalue weighted by Crippen LogP contribution is -2.36. The summed E-state index contributed by atoms with van der Waals surface area (Å²) in [5.41, 5.74) is 1.04. The molecule has 1 rings (SSSR count). The summed E-state index contributed by atoms with van der Waals surface area (Å²) in [6.45, 7) is 2.03. The Morgan fingerprint density at radius 1 is 1.50 bits per heavy atom. The van der Waals surface area contributed by atoms with Crippen molar-refractivity contribution in [2.45, 2.75) is 19.4 Å². The molecule has 1 aromatic rings. The van der Waals surface area contributed by atoms with Crippen LogP contribution in [0.5, 0.6) is 0 Å². The van der Waals surface area contributed by atoms with Gasteiger partial charge in [-0.15, -0.1) is 0 Å². The monoisotopic (exact) mass is 241 g/mol. The van der Waals surface area contributed by atoms with Crippen molar-refractivity contribution in [1.29, 1.82) is 0 Å². The molecule has 0 radical (unpaired) electrons. The van der Waals surface area contributed by atoms with E-state index in [1.165, 1.54) is 7.11 Å². The highest BCUT2D eigenvalue weighted by Crippen LogP contribution is 2.16. The number of ether oxygens (including phenoxy) is 1. The Morgan fingerprint density at radius 3 is 2.81 bits per heavy atom. The molecule has 0 saturated carbocycles. The Balaban J connectivity index is 2.48. The maximum absolute atomic E-state index is 11.3. The average Bonchev–Trinajstić information content (AvgIpc) is 2.21. The first-order chi connectivity index (χ1) is 7.63. The Hall–Kier alpha value is -1.06. The van der Waals surface area contributed by atoms with Crippen LogP contribution in [0.1, 0.15) is 12.5 Å². The van der Waals surface area contributed by atoms with E-state index >= 15 is 0 Å². The van der Waals surface area contributed by atoms with Gasteiger partial charge in [0.25, 0.3) is 0 Å². The van der Waals surface area contributed by atoms with Crippen molar-refractivity contribution in [3.63, 3.8) is 0 Å². The maximum atomic E-state index is 11.3. The predicted octanol–water partition coefficient (Wildman–Crippen LogP) is 2.03. The number of hydrogen-bond donors (Lipinski definition) is 1. The van der Waals surface area contributed by atoms with Gasteiger partial charge in [0.15, 0.2) is 0 Å². The van der Waals surface area contributed by atoms with Gasteiger partial charge in [-0.25, -0.2) is 0 Å². The molecule has 0 aliphatic heterocycles. The van der Waals surface area contributed by atoms with Crippen LogP contribution < -0.4 is 5.32 Å². The zero-order chi connectivity index (χ0) is 12.0. The third kappa shape index (κ3) is 4.21. The Labute approximate surface area is 101 Å². The first-order valence-corrected chi connectivity index (χ1v) is 5.53. The molecule has 1 N–H and O–H groups in total. The summed E-state index contributed by atoms with van der Waals surface area (Å²) < 4.78 is 4.74. The summed E-state index contributed by atoms with van der Waals surface area (Å²) in [7, 11) is 1.50. The smallest absolute Gasteiger partial charge is 0.246 e. The van der Waals surface area contributed by atoms with Crippen LogP contribution in [-0.2, 0) is 16.0 Å². The van der Waals surface area contributed by atoms with Gasteiger partial charge in [-0.05, 0) is 25.0 Å². The van der Waals surface area contributed by atoms with Crippen LogP contribution >= 0.6 is 11.6 Å². The highest BCUT2D eigenvalue weighted by molar-refractivity contribution is 6.31. The average molecular weight is 242 g/mol. The van der Waals surface area contributed by atoms with Crippen molar-refractivity contribution in [3.05, 3.63) is 34.9 Å². The summed E-state index contributed by atoms with van der Waals surface area (Å²) in [6, 6.07) is 7.68. The molecule has 0 heterocycles. The molecule has 0 fully saturated rings. The highest BCUT2D eigenvalue weighted by Gasteiger charge is 2.09. The highest BCUT2D eigenvalue weighted by atomic mass is 35.5. The molecule has 1 atom stereocenters. The van der Waals surface area contributed by atoms with E-state index in [-0.39, 0.29) is 18.6 Å². The topological polar surface area (TPSA) is 38.3 Å². The minimum absolute atomic E-state index is 0.0440. The third-order valence-corrected chi connectivity index (χ3v) is 2.54. The van der Waals surface area contributed by atoms with Gasteiger partial charge in [0, 0.05) is 18.2 Å². The summed E-state index contributed by atoms with van der Waals surface area (Å²) >= 11 is 6.03. The van der Waals surface area contributed by atoms with Gasteiger partial charge in [-0.3, -0.25) is 4.79 Å². The lowest BCUT2D eigenvalue weighted by molar-refractivity contribution is -0.125. The summed E-state index contributed by atoms with van der Waals surface area (Å²) in [6.07, 6.45) is 0.717. The van der Waals surface area contributed by atoms with Crippen molar-refractivity contribution in [2.24, 2.45) is 0 Å². The normalized spacial score (nSPS) is 12.2. The van der Waals surface area contributed by atoms with Crippen LogP contribution in [0.25, 0.3) is 0 Å². The van der Waals surface area contributed by atoms with Crippen LogP contribution in [0.4, 0.5) is 0 Å². The number of hydrogen-bond acceptors (Lipinski definition) is 2. The molecule has 0 aromatic heterocycles. The molecule has 0 aliphatic rings. The first kappa shape index (κ1) is 13.0. The molecule has 0 aliphatic carbocycles. The first-order valence-electron chi connectivity index (χ1n) is 5.15. The molecular weight excluding hydrogens is 226 g/mol. The lowest BCUT2D eigenvalue weighted by Gasteiger charge is -2.14. The zero-order valence-electron chi connectivity index (χ0n) is 9.50. The lowest BCUT2D eigenvalue weighted by atomic mass is 10.1. The zero-order valence-corrected chi connectivity index (χ0v) is 10.3. The fourth-order valence-corrected chi connectivity index (χ4v) is 1.71. The quantitative estimate of drug-likeness (QED) is 0.857. The van der Waals surface area contributed by atoms with Gasteiger partial charge >= 0.3 is 0 Å². The van der Waals surface area contributed by atoms with Crippen LogP contribution in [-0.4, -0.2) is 25.7 Å². The molecular formula is C12H16ClNO2. The van der Waals surface area contributed by atoms with E-state index in [2.05, 4.69) is 5.32 Å². The fourth-order valence-electron chi connectivity index (χ4n) is 1.49. The molecule has 1 amide bonds. The van der Waals surface area contributed by atoms with E-state index in [1.807, 2.05) is 31.2 Å². The van der Waals surface area contributed by atoms with E-state index in [4.69, 9.17) is 16.3 Å². The van der Waals surface area contributed by atoms with Crippen LogP contribution in [0.2, 0.25) is 5.02 Å². The van der Waals surface area contributed by atoms with Crippen molar-refractivity contribution in [3.8, 4) is 0 Å². The second-order valence-corrected chi connectivity index (χ2v) is 4.10. The van der Waals surface area contributed by atoms with Crippen molar-refractivity contribution in [2.75, 3.05) is 13.7 Å². The van der Waals surface area contributed by atoms with Crippen molar-refractivity contribution >= 4 is 17.5 Å². The number of benzene rings is 1. The van der Waals surface area contributed by atoms with E-state index in [9.17, 15) is 4.79 Å².